The molecule has 1 saturated carbocycles. The van der Waals surface area contributed by atoms with Gasteiger partial charge in [-0.3, -0.25) is 0 Å². The molecule has 10 heavy (non-hydrogen) atoms. The monoisotopic (exact) mass is 136 g/mol. The van der Waals surface area contributed by atoms with Gasteiger partial charge in [0.2, 0.25) is 0 Å². The minimum Gasteiger partial charge on any atom is -0.381 e. The number of ether oxygens (including phenoxy) is 1. The summed E-state index contributed by atoms with van der Waals surface area (Å²) >= 11 is 0. The van der Waals surface area contributed by atoms with Crippen molar-refractivity contribution in [1.82, 2.24) is 0 Å². The summed E-state index contributed by atoms with van der Waals surface area (Å²) in [5.41, 5.74) is 0.115. The van der Waals surface area contributed by atoms with E-state index in [0.29, 0.717) is 11.8 Å². The Kier molecular flexibility index (Phi) is 1.20. The topological polar surface area (TPSA) is 9.23 Å². The normalized spacial score (nSPS) is 59.6. The molecule has 2 rings (SSSR count). The van der Waals surface area contributed by atoms with E-state index in [1.807, 2.05) is 0 Å². The maximum atomic E-state index is 5.77. The molecule has 0 aromatic rings. The molecule has 1 nitrogen and oxygen atoms in total. The van der Waals surface area contributed by atoms with Crippen molar-refractivity contribution in [1.29, 1.82) is 0 Å². The Balaban J connectivity index is 2.26. The second-order valence-corrected chi connectivity index (χ2v) is 3.89. The van der Waals surface area contributed by atoms with Gasteiger partial charge in [0, 0.05) is 6.00 Å². The molecule has 0 amide bonds. The van der Waals surface area contributed by atoms with Crippen LogP contribution in [-0.2, 0) is 4.74 Å². The van der Waals surface area contributed by atoms with Crippen LogP contribution < -0.4 is 0 Å². The van der Waals surface area contributed by atoms with Crippen LogP contribution in [0.4, 0.5) is 0 Å². The molecule has 0 aromatic heterocycles. The van der Waals surface area contributed by atoms with Crippen molar-refractivity contribution in [3.05, 3.63) is 0 Å². The van der Waals surface area contributed by atoms with E-state index in [4.69, 9.17) is 12.6 Å². The summed E-state index contributed by atoms with van der Waals surface area (Å²) in [6.07, 6.45) is 2.46. The van der Waals surface area contributed by atoms with Crippen LogP contribution in [0.3, 0.4) is 0 Å². The Morgan fingerprint density at radius 2 is 2.30 bits per heavy atom. The average molecular weight is 136 g/mol. The highest BCUT2D eigenvalue weighted by atomic mass is 16.5. The molecule has 0 aromatic carbocycles. The van der Waals surface area contributed by atoms with Gasteiger partial charge in [-0.15, -0.1) is 0 Å². The van der Waals surface area contributed by atoms with Crippen LogP contribution in [0.2, 0.25) is 0 Å². The number of hydrogen-bond acceptors (Lipinski definition) is 1. The third-order valence-corrected chi connectivity index (χ3v) is 3.41. The molecule has 1 saturated heterocycles. The highest BCUT2D eigenvalue weighted by molar-refractivity contribution is 6.11. The lowest BCUT2D eigenvalue weighted by Gasteiger charge is -2.26. The van der Waals surface area contributed by atoms with Gasteiger partial charge in [0.25, 0.3) is 0 Å². The minimum atomic E-state index is 0.0220. The van der Waals surface area contributed by atoms with E-state index in [0.717, 1.165) is 0 Å². The summed E-state index contributed by atoms with van der Waals surface area (Å²) < 4.78 is 5.64. The van der Waals surface area contributed by atoms with Crippen LogP contribution in [-0.4, -0.2) is 19.5 Å². The predicted octanol–water partition coefficient (Wildman–Crippen LogP) is 1.32. The largest absolute Gasteiger partial charge is 0.381 e. The Bertz CT molecular complexity index is 159. The van der Waals surface area contributed by atoms with E-state index in [9.17, 15) is 0 Å². The van der Waals surface area contributed by atoms with Gasteiger partial charge in [-0.1, -0.05) is 6.92 Å². The van der Waals surface area contributed by atoms with Gasteiger partial charge in [0.1, 0.15) is 7.85 Å². The molecule has 1 aliphatic carbocycles. The van der Waals surface area contributed by atoms with Crippen molar-refractivity contribution < 1.29 is 4.74 Å². The van der Waals surface area contributed by atoms with Crippen molar-refractivity contribution >= 4 is 7.85 Å². The molecule has 54 valence electrons. The quantitative estimate of drug-likeness (QED) is 0.456. The Morgan fingerprint density at radius 3 is 2.50 bits per heavy atom. The maximum absolute atomic E-state index is 5.77. The van der Waals surface area contributed by atoms with Gasteiger partial charge >= 0.3 is 0 Å². The average Bonchev–Trinajstić information content (AvgIpc) is 2.20. The first-order valence-electron chi connectivity index (χ1n) is 4.07. The lowest BCUT2D eigenvalue weighted by molar-refractivity contribution is -0.0324. The van der Waals surface area contributed by atoms with Gasteiger partial charge in [-0.05, 0) is 31.6 Å². The van der Waals surface area contributed by atoms with Gasteiger partial charge in [0.15, 0.2) is 0 Å². The maximum Gasteiger partial charge on any atom is 0.109 e. The summed E-state index contributed by atoms with van der Waals surface area (Å²) in [6.45, 7) is 4.44. The summed E-state index contributed by atoms with van der Waals surface area (Å²) in [6, 6.07) is 0.0220. The van der Waals surface area contributed by atoms with Crippen LogP contribution in [0, 0.1) is 11.8 Å². The molecule has 2 bridgehead atoms. The third-order valence-electron chi connectivity index (χ3n) is 3.41. The fourth-order valence-corrected chi connectivity index (χ4v) is 2.40. The molecule has 2 unspecified atom stereocenters. The van der Waals surface area contributed by atoms with E-state index in [1.54, 1.807) is 0 Å². The van der Waals surface area contributed by atoms with Gasteiger partial charge in [0.05, 0.1) is 5.60 Å². The lowest BCUT2D eigenvalue weighted by Crippen LogP contribution is -2.29. The van der Waals surface area contributed by atoms with Gasteiger partial charge < -0.3 is 4.74 Å². The van der Waals surface area contributed by atoms with Crippen LogP contribution in [0.25, 0.3) is 0 Å². The van der Waals surface area contributed by atoms with E-state index >= 15 is 0 Å². The highest BCUT2D eigenvalue weighted by Gasteiger charge is 2.52. The molecule has 1 aliphatic heterocycles. The minimum absolute atomic E-state index is 0.0220. The summed E-state index contributed by atoms with van der Waals surface area (Å²) in [7, 11) is 5.77. The van der Waals surface area contributed by atoms with Crippen molar-refractivity contribution in [3.63, 3.8) is 0 Å². The smallest absolute Gasteiger partial charge is 0.109 e. The summed E-state index contributed by atoms with van der Waals surface area (Å²) in [4.78, 5) is 0. The van der Waals surface area contributed by atoms with E-state index < -0.39 is 0 Å². The first kappa shape index (κ1) is 6.72. The zero-order valence-corrected chi connectivity index (χ0v) is 6.63. The first-order valence-corrected chi connectivity index (χ1v) is 4.07. The zero-order chi connectivity index (χ0) is 7.35. The molecule has 0 spiro atoms. The fourth-order valence-electron chi connectivity index (χ4n) is 2.40. The fraction of sp³-hybridized carbons (Fsp3) is 1.00. The molecule has 2 radical (unpaired) electrons. The predicted molar refractivity (Wildman–Crippen MR) is 40.9 cm³/mol. The van der Waals surface area contributed by atoms with Crippen LogP contribution in [0.5, 0.6) is 0 Å². The molecule has 2 fully saturated rings. The van der Waals surface area contributed by atoms with Crippen molar-refractivity contribution in [2.24, 2.45) is 11.8 Å². The van der Waals surface area contributed by atoms with E-state index in [-0.39, 0.29) is 11.6 Å². The van der Waals surface area contributed by atoms with Crippen molar-refractivity contribution in [2.45, 2.75) is 38.3 Å². The Morgan fingerprint density at radius 1 is 1.60 bits per heavy atom. The van der Waals surface area contributed by atoms with E-state index in [1.165, 1.54) is 12.8 Å². The molecule has 2 aliphatic rings. The SMILES string of the molecule is [B][C@@H]1OC2(C)CCC1[C@@H]2C. The molecule has 4 atom stereocenters. The lowest BCUT2D eigenvalue weighted by atomic mass is 9.82. The van der Waals surface area contributed by atoms with E-state index in [2.05, 4.69) is 13.8 Å². The Hall–Kier alpha value is 0.0249. The Labute approximate surface area is 63.5 Å². The molecular weight excluding hydrogens is 123 g/mol. The number of hydrogen-bond donors (Lipinski definition) is 0. The van der Waals surface area contributed by atoms with Gasteiger partial charge in [-0.25, -0.2) is 0 Å². The van der Waals surface area contributed by atoms with Crippen LogP contribution >= 0.6 is 0 Å². The van der Waals surface area contributed by atoms with Crippen LogP contribution in [0.15, 0.2) is 0 Å². The number of fused-ring (bicyclic) bond motifs is 2. The summed E-state index contributed by atoms with van der Waals surface area (Å²) in [5.74, 6) is 1.30. The third kappa shape index (κ3) is 0.632. The summed E-state index contributed by atoms with van der Waals surface area (Å²) in [5, 5.41) is 0. The molecule has 1 heterocycles. The van der Waals surface area contributed by atoms with Crippen molar-refractivity contribution in [2.75, 3.05) is 0 Å². The molecular formula is C8H13BO. The number of rotatable bonds is 0. The van der Waals surface area contributed by atoms with Gasteiger partial charge in [-0.2, -0.15) is 0 Å². The second kappa shape index (κ2) is 1.79. The highest BCUT2D eigenvalue weighted by Crippen LogP contribution is 2.51. The molecule has 0 N–H and O–H groups in total. The second-order valence-electron chi connectivity index (χ2n) is 3.89. The van der Waals surface area contributed by atoms with Crippen LogP contribution in [0.1, 0.15) is 26.7 Å². The zero-order valence-electron chi connectivity index (χ0n) is 6.63. The first-order chi connectivity index (χ1) is 4.63. The van der Waals surface area contributed by atoms with Crippen molar-refractivity contribution in [3.8, 4) is 0 Å². The molecule has 2 heteroatoms. The standard InChI is InChI=1S/C8H13BO/c1-5-6-3-4-8(5,2)10-7(6)9/h5-7H,3-4H2,1-2H3/t5-,6?,7+,8?/m0/s1.